The number of carboxylic acids is 1. The molecule has 0 unspecified atom stereocenters. The molecule has 0 fully saturated rings. The molecule has 24 heavy (non-hydrogen) atoms. The molecule has 9 nitrogen and oxygen atoms in total. The van der Waals surface area contributed by atoms with E-state index < -0.39 is 23.4 Å². The molecule has 0 saturated heterocycles. The van der Waals surface area contributed by atoms with Crippen LogP contribution in [0.2, 0.25) is 0 Å². The average molecular weight is 332 g/mol. The Bertz CT molecular complexity index is 804. The largest absolute Gasteiger partial charge is 0.506 e. The summed E-state index contributed by atoms with van der Waals surface area (Å²) in [5, 5.41) is 31.6. The lowest BCUT2D eigenvalue weighted by Gasteiger charge is -2.09. The number of aromatic carboxylic acids is 1. The number of rotatable bonds is 6. The van der Waals surface area contributed by atoms with E-state index in [-0.39, 0.29) is 28.4 Å². The van der Waals surface area contributed by atoms with E-state index in [4.69, 9.17) is 9.84 Å². The maximum atomic E-state index is 11.8. The van der Waals surface area contributed by atoms with Gasteiger partial charge < -0.3 is 20.3 Å². The van der Waals surface area contributed by atoms with Crippen molar-refractivity contribution in [1.29, 1.82) is 0 Å². The zero-order valence-corrected chi connectivity index (χ0v) is 12.1. The molecule has 0 aliphatic carbocycles. The summed E-state index contributed by atoms with van der Waals surface area (Å²) in [7, 11) is 0. The topological polar surface area (TPSA) is 139 Å². The van der Waals surface area contributed by atoms with Crippen LogP contribution in [-0.2, 0) is 4.79 Å². The average Bonchev–Trinajstić information content (AvgIpc) is 2.55. The molecule has 0 atom stereocenters. The molecule has 3 N–H and O–H groups in total. The van der Waals surface area contributed by atoms with Crippen LogP contribution in [0.1, 0.15) is 10.4 Å². The number of hydrogen-bond acceptors (Lipinski definition) is 6. The summed E-state index contributed by atoms with van der Waals surface area (Å²) in [6.45, 7) is -0.554. The third kappa shape index (κ3) is 3.97. The molecule has 0 aliphatic heterocycles. The first kappa shape index (κ1) is 16.7. The highest BCUT2D eigenvalue weighted by molar-refractivity contribution is 5.96. The molecule has 0 aliphatic rings. The van der Waals surface area contributed by atoms with Gasteiger partial charge in [-0.25, -0.2) is 4.79 Å². The Balaban J connectivity index is 2.06. The molecular formula is C15H12N2O7. The van der Waals surface area contributed by atoms with Gasteiger partial charge in [-0.15, -0.1) is 0 Å². The van der Waals surface area contributed by atoms with Crippen LogP contribution in [0.3, 0.4) is 0 Å². The maximum absolute atomic E-state index is 11.8. The Morgan fingerprint density at radius 1 is 1.21 bits per heavy atom. The van der Waals surface area contributed by atoms with E-state index in [9.17, 15) is 24.8 Å². The van der Waals surface area contributed by atoms with Gasteiger partial charge in [0.05, 0.1) is 16.2 Å². The van der Waals surface area contributed by atoms with Crippen molar-refractivity contribution in [1.82, 2.24) is 0 Å². The Morgan fingerprint density at radius 2 is 1.92 bits per heavy atom. The molecule has 2 aromatic carbocycles. The minimum Gasteiger partial charge on any atom is -0.506 e. The minimum atomic E-state index is -1.22. The van der Waals surface area contributed by atoms with Crippen molar-refractivity contribution in [3.8, 4) is 11.5 Å². The Kier molecular flexibility index (Phi) is 4.95. The van der Waals surface area contributed by atoms with Crippen molar-refractivity contribution in [2.24, 2.45) is 0 Å². The van der Waals surface area contributed by atoms with Crippen molar-refractivity contribution in [3.63, 3.8) is 0 Å². The summed E-state index contributed by atoms with van der Waals surface area (Å²) in [6.07, 6.45) is 0. The first-order valence-electron chi connectivity index (χ1n) is 6.61. The van der Waals surface area contributed by atoms with Gasteiger partial charge in [0.25, 0.3) is 5.91 Å². The maximum Gasteiger partial charge on any atom is 0.335 e. The predicted molar refractivity (Wildman–Crippen MR) is 82.3 cm³/mol. The van der Waals surface area contributed by atoms with Gasteiger partial charge in [-0.2, -0.15) is 0 Å². The molecule has 1 amide bonds. The fourth-order valence-corrected chi connectivity index (χ4v) is 1.83. The van der Waals surface area contributed by atoms with E-state index in [0.717, 1.165) is 12.1 Å². The van der Waals surface area contributed by atoms with E-state index >= 15 is 0 Å². The molecule has 0 bridgehead atoms. The lowest BCUT2D eigenvalue weighted by Crippen LogP contribution is -2.20. The summed E-state index contributed by atoms with van der Waals surface area (Å²) < 4.78 is 5.10. The van der Waals surface area contributed by atoms with E-state index in [0.29, 0.717) is 0 Å². The highest BCUT2D eigenvalue weighted by Gasteiger charge is 2.16. The number of nitrogens with one attached hydrogen (secondary N) is 1. The van der Waals surface area contributed by atoms with Crippen LogP contribution < -0.4 is 10.1 Å². The highest BCUT2D eigenvalue weighted by Crippen LogP contribution is 2.26. The normalized spacial score (nSPS) is 10.0. The van der Waals surface area contributed by atoms with Crippen molar-refractivity contribution in [2.45, 2.75) is 0 Å². The van der Waals surface area contributed by atoms with Crippen LogP contribution in [0.25, 0.3) is 0 Å². The van der Waals surface area contributed by atoms with E-state index in [1.165, 1.54) is 30.3 Å². The molecule has 0 saturated carbocycles. The molecule has 2 aromatic rings. The number of carboxylic acid groups (broad SMARTS) is 1. The standard InChI is InChI=1S/C15H12N2O7/c18-12-6-5-9(15(20)21)7-10(12)16-14(19)8-24-13-4-2-1-3-11(13)17(22)23/h1-7,18H,8H2,(H,16,19)(H,20,21). The highest BCUT2D eigenvalue weighted by atomic mass is 16.6. The van der Waals surface area contributed by atoms with Gasteiger partial charge in [-0.05, 0) is 24.3 Å². The first-order chi connectivity index (χ1) is 11.4. The monoisotopic (exact) mass is 332 g/mol. The number of benzene rings is 2. The van der Waals surface area contributed by atoms with E-state index in [1.807, 2.05) is 0 Å². The molecule has 0 spiro atoms. The van der Waals surface area contributed by atoms with Gasteiger partial charge in [0.1, 0.15) is 5.75 Å². The summed E-state index contributed by atoms with van der Waals surface area (Å²) >= 11 is 0. The predicted octanol–water partition coefficient (Wildman–Crippen LogP) is 2.02. The Hall–Kier alpha value is -3.62. The van der Waals surface area contributed by atoms with Crippen molar-refractivity contribution < 1.29 is 29.5 Å². The van der Waals surface area contributed by atoms with Crippen molar-refractivity contribution >= 4 is 23.3 Å². The van der Waals surface area contributed by atoms with E-state index in [2.05, 4.69) is 5.32 Å². The number of aromatic hydroxyl groups is 1. The number of nitro groups is 1. The van der Waals surface area contributed by atoms with Gasteiger partial charge >= 0.3 is 11.7 Å². The van der Waals surface area contributed by atoms with E-state index in [1.54, 1.807) is 0 Å². The van der Waals surface area contributed by atoms with Crippen LogP contribution in [0.4, 0.5) is 11.4 Å². The lowest BCUT2D eigenvalue weighted by molar-refractivity contribution is -0.385. The second-order valence-corrected chi connectivity index (χ2v) is 4.60. The van der Waals surface area contributed by atoms with Crippen LogP contribution in [0.15, 0.2) is 42.5 Å². The van der Waals surface area contributed by atoms with Crippen LogP contribution in [0, 0.1) is 10.1 Å². The molecule has 0 aromatic heterocycles. The Labute approximate surface area is 135 Å². The summed E-state index contributed by atoms with van der Waals surface area (Å²) in [6, 6.07) is 8.94. The van der Waals surface area contributed by atoms with Crippen LogP contribution in [-0.4, -0.2) is 33.6 Å². The number of hydrogen-bond donors (Lipinski definition) is 3. The minimum absolute atomic E-state index is 0.0823. The zero-order chi connectivity index (χ0) is 17.7. The fourth-order valence-electron chi connectivity index (χ4n) is 1.83. The second-order valence-electron chi connectivity index (χ2n) is 4.60. The fraction of sp³-hybridized carbons (Fsp3) is 0.0667. The molecule has 9 heteroatoms. The number of carbonyl (C=O) groups excluding carboxylic acids is 1. The number of phenols is 1. The third-order valence-corrected chi connectivity index (χ3v) is 2.94. The summed E-state index contributed by atoms with van der Waals surface area (Å²) in [5.41, 5.74) is -0.519. The third-order valence-electron chi connectivity index (χ3n) is 2.94. The molecule has 0 heterocycles. The summed E-state index contributed by atoms with van der Waals surface area (Å²) in [4.78, 5) is 32.9. The molecule has 2 rings (SSSR count). The molecule has 0 radical (unpaired) electrons. The quantitative estimate of drug-likeness (QED) is 0.417. The number of nitro benzene ring substituents is 1. The van der Waals surface area contributed by atoms with Gasteiger partial charge in [0, 0.05) is 6.07 Å². The molecule has 124 valence electrons. The van der Waals surface area contributed by atoms with Crippen LogP contribution in [0.5, 0.6) is 11.5 Å². The van der Waals surface area contributed by atoms with Gasteiger partial charge in [-0.3, -0.25) is 14.9 Å². The first-order valence-corrected chi connectivity index (χ1v) is 6.61. The number of anilines is 1. The van der Waals surface area contributed by atoms with Gasteiger partial charge in [0.15, 0.2) is 12.4 Å². The van der Waals surface area contributed by atoms with Gasteiger partial charge in [-0.1, -0.05) is 12.1 Å². The smallest absolute Gasteiger partial charge is 0.335 e. The van der Waals surface area contributed by atoms with Gasteiger partial charge in [0.2, 0.25) is 0 Å². The number of ether oxygens (including phenoxy) is 1. The lowest BCUT2D eigenvalue weighted by atomic mass is 10.2. The van der Waals surface area contributed by atoms with Crippen molar-refractivity contribution in [3.05, 3.63) is 58.1 Å². The Morgan fingerprint density at radius 3 is 2.58 bits per heavy atom. The number of carbonyl (C=O) groups is 2. The zero-order valence-electron chi connectivity index (χ0n) is 12.1. The number of nitrogens with zero attached hydrogens (tertiary/aromatic N) is 1. The number of para-hydroxylation sites is 2. The summed E-state index contributed by atoms with van der Waals surface area (Å²) in [5.74, 6) is -2.34. The second kappa shape index (κ2) is 7.09. The SMILES string of the molecule is O=C(COc1ccccc1[N+](=O)[O-])Nc1cc(C(=O)O)ccc1O. The molecular weight excluding hydrogens is 320 g/mol. The van der Waals surface area contributed by atoms with Crippen LogP contribution >= 0.6 is 0 Å². The number of phenolic OH excluding ortho intramolecular Hbond substituents is 1. The number of amides is 1. The van der Waals surface area contributed by atoms with Crippen molar-refractivity contribution in [2.75, 3.05) is 11.9 Å².